The van der Waals surface area contributed by atoms with Gasteiger partial charge in [0.1, 0.15) is 0 Å². The SMILES string of the molecule is CCC1C=Cc2ccc3sc4ccc(C)cc4c3c21.[Cl-].[Cl-].[Cl-].[Cl-].[Zr+4].[Zr+4]. The van der Waals surface area contributed by atoms with Gasteiger partial charge in [0.15, 0.2) is 0 Å². The molecule has 0 fully saturated rings. The van der Waals surface area contributed by atoms with Gasteiger partial charge in [-0.15, -0.1) is 11.3 Å². The van der Waals surface area contributed by atoms with Gasteiger partial charge in [0.25, 0.3) is 0 Å². The van der Waals surface area contributed by atoms with Crippen LogP contribution in [0.4, 0.5) is 0 Å². The van der Waals surface area contributed by atoms with Gasteiger partial charge in [-0.05, 0) is 42.7 Å². The third kappa shape index (κ3) is 5.44. The van der Waals surface area contributed by atoms with Gasteiger partial charge in [0.05, 0.1) is 0 Å². The standard InChI is InChI=1S/C18H16S.4ClH.2Zr/c1-3-12-5-6-13-7-9-16-18(17(12)13)14-10-11(2)4-8-15(14)19-16;;;;;;/h4-10,12H,3H2,1-2H3;4*1H;;/q;;;;;2*+4/p-4. The zero-order valence-electron chi connectivity index (χ0n) is 13.7. The number of aryl methyl sites for hydroxylation is 1. The van der Waals surface area contributed by atoms with Crippen LogP contribution in [0.25, 0.3) is 26.2 Å². The van der Waals surface area contributed by atoms with E-state index in [-0.39, 0.29) is 102 Å². The van der Waals surface area contributed by atoms with E-state index in [0.717, 1.165) is 0 Å². The fraction of sp³-hybridized carbons (Fsp3) is 0.222. The smallest absolute Gasteiger partial charge is 1.00 e. The van der Waals surface area contributed by atoms with Crippen molar-refractivity contribution >= 4 is 37.6 Å². The van der Waals surface area contributed by atoms with Crippen molar-refractivity contribution in [1.29, 1.82) is 0 Å². The van der Waals surface area contributed by atoms with E-state index in [1.54, 1.807) is 5.56 Å². The topological polar surface area (TPSA) is 0 Å². The number of hydrogen-bond donors (Lipinski definition) is 0. The van der Waals surface area contributed by atoms with Crippen LogP contribution in [0.5, 0.6) is 0 Å². The second-order valence-corrected chi connectivity index (χ2v) is 6.50. The van der Waals surface area contributed by atoms with Crippen molar-refractivity contribution in [1.82, 2.24) is 0 Å². The minimum absolute atomic E-state index is 0. The minimum atomic E-state index is 0. The first kappa shape index (κ1) is 31.0. The average Bonchev–Trinajstić information content (AvgIpc) is 2.98. The van der Waals surface area contributed by atoms with E-state index >= 15 is 0 Å². The molecule has 0 aliphatic heterocycles. The molecular formula is C18H16Cl4SZr2+4. The van der Waals surface area contributed by atoms with Crippen molar-refractivity contribution in [3.8, 4) is 0 Å². The Kier molecular flexibility index (Phi) is 15.8. The molecule has 1 aromatic heterocycles. The molecule has 25 heavy (non-hydrogen) atoms. The predicted molar refractivity (Wildman–Crippen MR) is 86.1 cm³/mol. The first-order valence-electron chi connectivity index (χ1n) is 6.92. The summed E-state index contributed by atoms with van der Waals surface area (Å²) in [6.45, 7) is 4.46. The Labute approximate surface area is 216 Å². The fourth-order valence-corrected chi connectivity index (χ4v) is 4.33. The molecule has 7 heteroatoms. The zero-order chi connectivity index (χ0) is 13.0. The minimum Gasteiger partial charge on any atom is -1.00 e. The summed E-state index contributed by atoms with van der Waals surface area (Å²) in [5.74, 6) is 0.594. The number of benzene rings is 2. The van der Waals surface area contributed by atoms with Crippen molar-refractivity contribution in [2.45, 2.75) is 26.2 Å². The van der Waals surface area contributed by atoms with Crippen LogP contribution < -0.4 is 49.6 Å². The first-order valence-corrected chi connectivity index (χ1v) is 7.73. The molecule has 0 N–H and O–H groups in total. The molecule has 2 aromatic carbocycles. The van der Waals surface area contributed by atoms with Crippen LogP contribution in [0.2, 0.25) is 0 Å². The van der Waals surface area contributed by atoms with E-state index in [2.05, 4.69) is 56.3 Å². The van der Waals surface area contributed by atoms with Gasteiger partial charge in [-0.1, -0.05) is 36.8 Å². The maximum atomic E-state index is 2.36. The van der Waals surface area contributed by atoms with Crippen LogP contribution in [0, 0.1) is 6.92 Å². The Bertz CT molecular complexity index is 846. The van der Waals surface area contributed by atoms with Gasteiger partial charge in [-0.25, -0.2) is 0 Å². The van der Waals surface area contributed by atoms with E-state index in [0.29, 0.717) is 5.92 Å². The molecule has 0 spiro atoms. The molecule has 1 unspecified atom stereocenters. The van der Waals surface area contributed by atoms with Crippen LogP contribution in [-0.2, 0) is 52.4 Å². The number of rotatable bonds is 1. The van der Waals surface area contributed by atoms with Crippen LogP contribution >= 0.6 is 11.3 Å². The zero-order valence-corrected chi connectivity index (χ0v) is 22.5. The second kappa shape index (κ2) is 12.7. The monoisotopic (exact) mass is 584 g/mol. The summed E-state index contributed by atoms with van der Waals surface area (Å²) in [5.41, 5.74) is 4.32. The maximum absolute atomic E-state index is 2.36. The number of allylic oxidation sites excluding steroid dienone is 1. The van der Waals surface area contributed by atoms with Gasteiger partial charge >= 0.3 is 52.4 Å². The van der Waals surface area contributed by atoms with Crippen molar-refractivity contribution < 1.29 is 102 Å². The van der Waals surface area contributed by atoms with Crippen molar-refractivity contribution in [2.24, 2.45) is 0 Å². The normalized spacial score (nSPS) is 13.3. The Balaban J connectivity index is -0.000000807. The quantitative estimate of drug-likeness (QED) is 0.266. The molecular weight excluding hydrogens is 573 g/mol. The Hall–Kier alpha value is 1.33. The maximum Gasteiger partial charge on any atom is 4.00 e. The average molecular weight is 589 g/mol. The summed E-state index contributed by atoms with van der Waals surface area (Å²) in [4.78, 5) is 0. The Morgan fingerprint density at radius 1 is 0.920 bits per heavy atom. The number of halogens is 4. The summed E-state index contributed by atoms with van der Waals surface area (Å²) in [6, 6.07) is 11.4. The van der Waals surface area contributed by atoms with Crippen LogP contribution in [0.3, 0.4) is 0 Å². The summed E-state index contributed by atoms with van der Waals surface area (Å²) in [5, 5.41) is 2.94. The molecule has 0 bridgehead atoms. The first-order chi connectivity index (χ1) is 9.28. The summed E-state index contributed by atoms with van der Waals surface area (Å²) in [7, 11) is 0. The van der Waals surface area contributed by atoms with E-state index in [4.69, 9.17) is 0 Å². The Morgan fingerprint density at radius 2 is 1.56 bits per heavy atom. The fourth-order valence-electron chi connectivity index (χ4n) is 3.23. The van der Waals surface area contributed by atoms with Crippen LogP contribution in [0.15, 0.2) is 36.4 Å². The molecule has 1 atom stereocenters. The predicted octanol–water partition coefficient (Wildman–Crippen LogP) is -6.11. The third-order valence-electron chi connectivity index (χ3n) is 4.18. The van der Waals surface area contributed by atoms with E-state index in [9.17, 15) is 0 Å². The molecule has 0 nitrogen and oxygen atoms in total. The molecule has 0 saturated carbocycles. The van der Waals surface area contributed by atoms with Gasteiger partial charge in [-0.2, -0.15) is 0 Å². The van der Waals surface area contributed by atoms with E-state index in [1.807, 2.05) is 11.3 Å². The third-order valence-corrected chi connectivity index (χ3v) is 5.32. The molecule has 126 valence electrons. The summed E-state index contributed by atoms with van der Waals surface area (Å²) < 4.78 is 2.84. The molecule has 1 heterocycles. The van der Waals surface area contributed by atoms with Crippen molar-refractivity contribution in [3.63, 3.8) is 0 Å². The molecule has 1 aliphatic carbocycles. The molecule has 0 saturated heterocycles. The van der Waals surface area contributed by atoms with Gasteiger partial charge in [-0.3, -0.25) is 0 Å². The largest absolute Gasteiger partial charge is 4.00 e. The van der Waals surface area contributed by atoms with Crippen LogP contribution in [-0.4, -0.2) is 0 Å². The van der Waals surface area contributed by atoms with Gasteiger partial charge in [0, 0.05) is 26.1 Å². The molecule has 0 amide bonds. The van der Waals surface area contributed by atoms with Gasteiger partial charge < -0.3 is 49.6 Å². The number of fused-ring (bicyclic) bond motifs is 5. The molecule has 3 aromatic rings. The number of hydrogen-bond acceptors (Lipinski definition) is 1. The van der Waals surface area contributed by atoms with Crippen molar-refractivity contribution in [3.05, 3.63) is 53.1 Å². The molecule has 1 aliphatic rings. The van der Waals surface area contributed by atoms with E-state index < -0.39 is 0 Å². The Morgan fingerprint density at radius 3 is 2.20 bits per heavy atom. The summed E-state index contributed by atoms with van der Waals surface area (Å²) in [6.07, 6.45) is 5.84. The molecule has 4 rings (SSSR count). The van der Waals surface area contributed by atoms with E-state index in [1.165, 1.54) is 37.7 Å². The van der Waals surface area contributed by atoms with Gasteiger partial charge in [0.2, 0.25) is 0 Å². The summed E-state index contributed by atoms with van der Waals surface area (Å²) >= 11 is 1.92. The molecule has 0 radical (unpaired) electrons. The number of thiophene rings is 1. The van der Waals surface area contributed by atoms with Crippen molar-refractivity contribution in [2.75, 3.05) is 0 Å². The second-order valence-electron chi connectivity index (χ2n) is 5.42. The van der Waals surface area contributed by atoms with Crippen LogP contribution in [0.1, 0.15) is 36.0 Å².